The van der Waals surface area contributed by atoms with Gasteiger partial charge in [0.25, 0.3) is 0 Å². The van der Waals surface area contributed by atoms with Crippen molar-refractivity contribution in [3.8, 4) is 11.5 Å². The zero-order valence-electron chi connectivity index (χ0n) is 10.4. The predicted molar refractivity (Wildman–Crippen MR) is 65.3 cm³/mol. The van der Waals surface area contributed by atoms with Crippen molar-refractivity contribution >= 4 is 12.3 Å². The van der Waals surface area contributed by atoms with E-state index in [-0.39, 0.29) is 11.3 Å². The van der Waals surface area contributed by atoms with Crippen molar-refractivity contribution in [2.75, 3.05) is 6.61 Å². The number of carboxylic acid groups (broad SMARTS) is 1. The molecule has 0 heterocycles. The molecule has 0 fully saturated rings. The van der Waals surface area contributed by atoms with Crippen LogP contribution in [0.25, 0.3) is 0 Å². The highest BCUT2D eigenvalue weighted by atomic mass is 16.5. The van der Waals surface area contributed by atoms with Crippen LogP contribution in [-0.2, 0) is 4.79 Å². The van der Waals surface area contributed by atoms with Gasteiger partial charge in [0.2, 0.25) is 0 Å². The molecule has 1 unspecified atom stereocenters. The van der Waals surface area contributed by atoms with Gasteiger partial charge in [-0.2, -0.15) is 0 Å². The van der Waals surface area contributed by atoms with Gasteiger partial charge in [-0.3, -0.25) is 4.79 Å². The minimum absolute atomic E-state index is 0.184. The standard InChI is InChI=1S/C13H16O5/c1-3-10(13(15)16)18-12-9(8-14)6-5-7-11(12)17-4-2/h5-8,10H,3-4H2,1-2H3,(H,15,16). The molecule has 0 aliphatic heterocycles. The number of rotatable bonds is 7. The van der Waals surface area contributed by atoms with Crippen molar-refractivity contribution in [1.29, 1.82) is 0 Å². The number of benzene rings is 1. The van der Waals surface area contributed by atoms with Gasteiger partial charge in [-0.1, -0.05) is 13.0 Å². The number of carboxylic acids is 1. The molecule has 0 saturated heterocycles. The topological polar surface area (TPSA) is 72.8 Å². The molecule has 0 aliphatic rings. The lowest BCUT2D eigenvalue weighted by atomic mass is 10.2. The Hall–Kier alpha value is -2.04. The third-order valence-electron chi connectivity index (χ3n) is 2.34. The number of aliphatic carboxylic acids is 1. The van der Waals surface area contributed by atoms with Crippen molar-refractivity contribution in [3.63, 3.8) is 0 Å². The molecular formula is C13H16O5. The SMILES string of the molecule is CCOc1cccc(C=O)c1OC(CC)C(=O)O. The molecule has 0 saturated carbocycles. The first-order valence-corrected chi connectivity index (χ1v) is 5.74. The zero-order chi connectivity index (χ0) is 13.5. The molecule has 1 N–H and O–H groups in total. The Morgan fingerprint density at radius 3 is 2.67 bits per heavy atom. The van der Waals surface area contributed by atoms with E-state index in [0.29, 0.717) is 25.1 Å². The Balaban J connectivity index is 3.10. The second-order valence-electron chi connectivity index (χ2n) is 3.58. The fourth-order valence-electron chi connectivity index (χ4n) is 1.47. The Kier molecular flexibility index (Phi) is 5.17. The summed E-state index contributed by atoms with van der Waals surface area (Å²) in [6.07, 6.45) is -0.0779. The summed E-state index contributed by atoms with van der Waals surface area (Å²) < 4.78 is 10.7. The van der Waals surface area contributed by atoms with Gasteiger partial charge in [0, 0.05) is 0 Å². The van der Waals surface area contributed by atoms with Gasteiger partial charge in [0.05, 0.1) is 12.2 Å². The molecule has 98 valence electrons. The summed E-state index contributed by atoms with van der Waals surface area (Å²) in [5.74, 6) is -0.508. The Morgan fingerprint density at radius 1 is 1.44 bits per heavy atom. The van der Waals surface area contributed by atoms with Crippen molar-refractivity contribution < 1.29 is 24.2 Å². The first kappa shape index (κ1) is 14.0. The highest BCUT2D eigenvalue weighted by molar-refractivity contribution is 5.82. The van der Waals surface area contributed by atoms with E-state index in [1.165, 1.54) is 0 Å². The number of carbonyl (C=O) groups is 2. The highest BCUT2D eigenvalue weighted by Gasteiger charge is 2.21. The fraction of sp³-hybridized carbons (Fsp3) is 0.385. The summed E-state index contributed by atoms with van der Waals surface area (Å²) in [6, 6.07) is 4.85. The average Bonchev–Trinajstić information content (AvgIpc) is 2.36. The summed E-state index contributed by atoms with van der Waals surface area (Å²) >= 11 is 0. The van der Waals surface area contributed by atoms with Gasteiger partial charge in [0.1, 0.15) is 0 Å². The van der Waals surface area contributed by atoms with Gasteiger partial charge in [-0.25, -0.2) is 4.79 Å². The third-order valence-corrected chi connectivity index (χ3v) is 2.34. The second kappa shape index (κ2) is 6.64. The van der Waals surface area contributed by atoms with E-state index >= 15 is 0 Å². The van der Waals surface area contributed by atoms with Crippen LogP contribution in [0.4, 0.5) is 0 Å². The molecule has 1 atom stereocenters. The van der Waals surface area contributed by atoms with Crippen LogP contribution in [0.2, 0.25) is 0 Å². The quantitative estimate of drug-likeness (QED) is 0.752. The average molecular weight is 252 g/mol. The van der Waals surface area contributed by atoms with E-state index in [9.17, 15) is 9.59 Å². The molecule has 5 heteroatoms. The number of para-hydroxylation sites is 1. The largest absolute Gasteiger partial charge is 0.490 e. The number of hydrogen-bond donors (Lipinski definition) is 1. The maximum Gasteiger partial charge on any atom is 0.344 e. The van der Waals surface area contributed by atoms with Crippen LogP contribution in [0.3, 0.4) is 0 Å². The normalized spacial score (nSPS) is 11.7. The Labute approximate surface area is 105 Å². The molecule has 0 bridgehead atoms. The fourth-order valence-corrected chi connectivity index (χ4v) is 1.47. The summed E-state index contributed by atoms with van der Waals surface area (Å²) in [5, 5.41) is 8.96. The van der Waals surface area contributed by atoms with Crippen LogP contribution >= 0.6 is 0 Å². The van der Waals surface area contributed by atoms with Gasteiger partial charge >= 0.3 is 5.97 Å². The van der Waals surface area contributed by atoms with E-state index in [2.05, 4.69) is 0 Å². The lowest BCUT2D eigenvalue weighted by Crippen LogP contribution is -2.26. The van der Waals surface area contributed by atoms with Gasteiger partial charge < -0.3 is 14.6 Å². The first-order chi connectivity index (χ1) is 8.63. The molecule has 1 aromatic carbocycles. The smallest absolute Gasteiger partial charge is 0.344 e. The summed E-state index contributed by atoms with van der Waals surface area (Å²) in [7, 11) is 0. The maximum atomic E-state index is 10.9. The molecule has 0 spiro atoms. The molecule has 0 aromatic heterocycles. The van der Waals surface area contributed by atoms with Crippen LogP contribution < -0.4 is 9.47 Å². The number of carbonyl (C=O) groups excluding carboxylic acids is 1. The highest BCUT2D eigenvalue weighted by Crippen LogP contribution is 2.31. The van der Waals surface area contributed by atoms with Crippen LogP contribution in [0, 0.1) is 0 Å². The molecule has 1 aromatic rings. The molecule has 0 aliphatic carbocycles. The van der Waals surface area contributed by atoms with Crippen LogP contribution in [0.5, 0.6) is 11.5 Å². The third kappa shape index (κ3) is 3.23. The molecule has 18 heavy (non-hydrogen) atoms. The van der Waals surface area contributed by atoms with Crippen molar-refractivity contribution in [2.24, 2.45) is 0 Å². The second-order valence-corrected chi connectivity index (χ2v) is 3.58. The van der Waals surface area contributed by atoms with Crippen molar-refractivity contribution in [3.05, 3.63) is 23.8 Å². The lowest BCUT2D eigenvalue weighted by molar-refractivity contribution is -0.145. The van der Waals surface area contributed by atoms with Crippen LogP contribution in [0.15, 0.2) is 18.2 Å². The number of ether oxygens (including phenoxy) is 2. The Bertz CT molecular complexity index is 427. The van der Waals surface area contributed by atoms with Gasteiger partial charge in [-0.15, -0.1) is 0 Å². The Morgan fingerprint density at radius 2 is 2.17 bits per heavy atom. The number of hydrogen-bond acceptors (Lipinski definition) is 4. The summed E-state index contributed by atoms with van der Waals surface area (Å²) in [5.41, 5.74) is 0.278. The van der Waals surface area contributed by atoms with Crippen LogP contribution in [-0.4, -0.2) is 30.1 Å². The maximum absolute atomic E-state index is 10.9. The van der Waals surface area contributed by atoms with Crippen molar-refractivity contribution in [2.45, 2.75) is 26.4 Å². The molecule has 5 nitrogen and oxygen atoms in total. The summed E-state index contributed by atoms with van der Waals surface area (Å²) in [4.78, 5) is 21.9. The van der Waals surface area contributed by atoms with E-state index in [4.69, 9.17) is 14.6 Å². The van der Waals surface area contributed by atoms with Gasteiger partial charge in [-0.05, 0) is 25.5 Å². The molecule has 1 rings (SSSR count). The zero-order valence-corrected chi connectivity index (χ0v) is 10.4. The van der Waals surface area contributed by atoms with Crippen LogP contribution in [0.1, 0.15) is 30.6 Å². The van der Waals surface area contributed by atoms with E-state index in [0.717, 1.165) is 0 Å². The molecule has 0 radical (unpaired) electrons. The minimum atomic E-state index is -1.07. The number of aldehydes is 1. The molecule has 0 amide bonds. The molecular weight excluding hydrogens is 236 g/mol. The van der Waals surface area contributed by atoms with E-state index < -0.39 is 12.1 Å². The van der Waals surface area contributed by atoms with Crippen molar-refractivity contribution in [1.82, 2.24) is 0 Å². The monoisotopic (exact) mass is 252 g/mol. The van der Waals surface area contributed by atoms with E-state index in [1.54, 1.807) is 32.0 Å². The summed E-state index contributed by atoms with van der Waals surface area (Å²) in [6.45, 7) is 3.90. The lowest BCUT2D eigenvalue weighted by Gasteiger charge is -2.17. The van der Waals surface area contributed by atoms with E-state index in [1.807, 2.05) is 0 Å². The minimum Gasteiger partial charge on any atom is -0.490 e. The first-order valence-electron chi connectivity index (χ1n) is 5.74. The predicted octanol–water partition coefficient (Wildman–Crippen LogP) is 2.14. The van der Waals surface area contributed by atoms with Gasteiger partial charge in [0.15, 0.2) is 23.9 Å².